The Balaban J connectivity index is 2.52. The first-order valence-corrected chi connectivity index (χ1v) is 5.34. The molecule has 0 amide bonds. The molecule has 0 radical (unpaired) electrons. The van der Waals surface area contributed by atoms with Gasteiger partial charge in [-0.2, -0.15) is 5.26 Å². The van der Waals surface area contributed by atoms with Gasteiger partial charge in [0.15, 0.2) is 0 Å². The standard InChI is InChI=1S/C13H14N2/c1-2-3-8-15-9-7-11-5-4-6-12(10-14)13(11)15/h4-7,9H,2-3,8H2,1H3. The summed E-state index contributed by atoms with van der Waals surface area (Å²) in [7, 11) is 0. The SMILES string of the molecule is CCCCn1ccc2cccc(C#N)c21. The first-order valence-electron chi connectivity index (χ1n) is 5.34. The fourth-order valence-electron chi connectivity index (χ4n) is 1.87. The average molecular weight is 198 g/mol. The van der Waals surface area contributed by atoms with Crippen molar-refractivity contribution in [3.8, 4) is 6.07 Å². The number of fused-ring (bicyclic) bond motifs is 1. The highest BCUT2D eigenvalue weighted by Gasteiger charge is 2.04. The van der Waals surface area contributed by atoms with Gasteiger partial charge in [-0.25, -0.2) is 0 Å². The van der Waals surface area contributed by atoms with E-state index in [0.717, 1.165) is 29.4 Å². The number of para-hydroxylation sites is 1. The zero-order chi connectivity index (χ0) is 10.7. The Bertz CT molecular complexity index is 503. The van der Waals surface area contributed by atoms with Gasteiger partial charge >= 0.3 is 0 Å². The van der Waals surface area contributed by atoms with Gasteiger partial charge in [0.05, 0.1) is 11.1 Å². The normalized spacial score (nSPS) is 10.4. The summed E-state index contributed by atoms with van der Waals surface area (Å²) in [5, 5.41) is 10.2. The van der Waals surface area contributed by atoms with Crippen molar-refractivity contribution in [3.63, 3.8) is 0 Å². The largest absolute Gasteiger partial charge is 0.346 e. The summed E-state index contributed by atoms with van der Waals surface area (Å²) < 4.78 is 2.18. The molecular weight excluding hydrogens is 184 g/mol. The van der Waals surface area contributed by atoms with Crippen LogP contribution in [-0.2, 0) is 6.54 Å². The van der Waals surface area contributed by atoms with E-state index < -0.39 is 0 Å². The molecule has 2 rings (SSSR count). The van der Waals surface area contributed by atoms with Crippen molar-refractivity contribution in [2.75, 3.05) is 0 Å². The van der Waals surface area contributed by atoms with E-state index >= 15 is 0 Å². The van der Waals surface area contributed by atoms with E-state index in [1.165, 1.54) is 6.42 Å². The smallest absolute Gasteiger partial charge is 0.101 e. The first kappa shape index (κ1) is 9.79. The predicted molar refractivity (Wildman–Crippen MR) is 61.6 cm³/mol. The Morgan fingerprint density at radius 3 is 2.93 bits per heavy atom. The van der Waals surface area contributed by atoms with Crippen LogP contribution in [0, 0.1) is 11.3 Å². The topological polar surface area (TPSA) is 28.7 Å². The van der Waals surface area contributed by atoms with Crippen LogP contribution < -0.4 is 0 Å². The first-order chi connectivity index (χ1) is 7.36. The summed E-state index contributed by atoms with van der Waals surface area (Å²) in [5.41, 5.74) is 1.85. The maximum Gasteiger partial charge on any atom is 0.101 e. The highest BCUT2D eigenvalue weighted by atomic mass is 14.9. The second-order valence-electron chi connectivity index (χ2n) is 3.72. The van der Waals surface area contributed by atoms with Crippen molar-refractivity contribution in [3.05, 3.63) is 36.0 Å². The number of hydrogen-bond donors (Lipinski definition) is 0. The summed E-state index contributed by atoms with van der Waals surface area (Å²) in [6.07, 6.45) is 4.40. The van der Waals surface area contributed by atoms with Gasteiger partial charge in [0.1, 0.15) is 6.07 Å². The van der Waals surface area contributed by atoms with E-state index in [4.69, 9.17) is 5.26 Å². The molecule has 0 aliphatic rings. The highest BCUT2D eigenvalue weighted by molar-refractivity contribution is 5.85. The summed E-state index contributed by atoms with van der Waals surface area (Å²) >= 11 is 0. The average Bonchev–Trinajstić information content (AvgIpc) is 2.69. The van der Waals surface area contributed by atoms with Crippen molar-refractivity contribution < 1.29 is 0 Å². The van der Waals surface area contributed by atoms with Crippen LogP contribution >= 0.6 is 0 Å². The number of rotatable bonds is 3. The summed E-state index contributed by atoms with van der Waals surface area (Å²) in [5.74, 6) is 0. The molecule has 76 valence electrons. The molecular formula is C13H14N2. The Morgan fingerprint density at radius 2 is 2.20 bits per heavy atom. The Morgan fingerprint density at radius 1 is 1.33 bits per heavy atom. The van der Waals surface area contributed by atoms with Gasteiger partial charge in [-0.05, 0) is 18.6 Å². The lowest BCUT2D eigenvalue weighted by Gasteiger charge is -2.04. The molecule has 1 heterocycles. The van der Waals surface area contributed by atoms with Gasteiger partial charge in [-0.3, -0.25) is 0 Å². The molecule has 0 N–H and O–H groups in total. The van der Waals surface area contributed by atoms with Crippen LogP contribution in [-0.4, -0.2) is 4.57 Å². The number of aryl methyl sites for hydroxylation is 1. The number of nitriles is 1. The van der Waals surface area contributed by atoms with Crippen LogP contribution in [0.25, 0.3) is 10.9 Å². The van der Waals surface area contributed by atoms with Gasteiger partial charge in [0.2, 0.25) is 0 Å². The summed E-state index contributed by atoms with van der Waals surface area (Å²) in [4.78, 5) is 0. The summed E-state index contributed by atoms with van der Waals surface area (Å²) in [6, 6.07) is 10.2. The molecule has 0 spiro atoms. The van der Waals surface area contributed by atoms with Crippen LogP contribution in [0.15, 0.2) is 30.5 Å². The number of hydrogen-bond acceptors (Lipinski definition) is 1. The zero-order valence-corrected chi connectivity index (χ0v) is 8.90. The molecule has 0 unspecified atom stereocenters. The third-order valence-electron chi connectivity index (χ3n) is 2.66. The molecule has 1 aromatic carbocycles. The van der Waals surface area contributed by atoms with Gasteiger partial charge < -0.3 is 4.57 Å². The van der Waals surface area contributed by atoms with Gasteiger partial charge in [-0.1, -0.05) is 25.5 Å². The molecule has 0 saturated carbocycles. The molecule has 0 aliphatic carbocycles. The van der Waals surface area contributed by atoms with Crippen LogP contribution in [0.4, 0.5) is 0 Å². The fraction of sp³-hybridized carbons (Fsp3) is 0.308. The predicted octanol–water partition coefficient (Wildman–Crippen LogP) is 3.31. The molecule has 0 saturated heterocycles. The number of unbranched alkanes of at least 4 members (excludes halogenated alkanes) is 1. The molecule has 0 aliphatic heterocycles. The maximum absolute atomic E-state index is 9.04. The molecule has 0 fully saturated rings. The van der Waals surface area contributed by atoms with Crippen molar-refractivity contribution in [2.24, 2.45) is 0 Å². The highest BCUT2D eigenvalue weighted by Crippen LogP contribution is 2.20. The lowest BCUT2D eigenvalue weighted by molar-refractivity contribution is 0.650. The molecule has 0 bridgehead atoms. The molecule has 2 heteroatoms. The lowest BCUT2D eigenvalue weighted by atomic mass is 10.1. The summed E-state index contributed by atoms with van der Waals surface area (Å²) in [6.45, 7) is 3.18. The molecule has 2 nitrogen and oxygen atoms in total. The van der Waals surface area contributed by atoms with E-state index in [-0.39, 0.29) is 0 Å². The minimum atomic E-state index is 0.772. The number of nitrogens with zero attached hydrogens (tertiary/aromatic N) is 2. The van der Waals surface area contributed by atoms with Crippen LogP contribution in [0.1, 0.15) is 25.3 Å². The van der Waals surface area contributed by atoms with Gasteiger partial charge in [0.25, 0.3) is 0 Å². The third kappa shape index (κ3) is 1.73. The second-order valence-corrected chi connectivity index (χ2v) is 3.72. The Kier molecular flexibility index (Phi) is 2.73. The van der Waals surface area contributed by atoms with Crippen LogP contribution in [0.5, 0.6) is 0 Å². The minimum Gasteiger partial charge on any atom is -0.346 e. The fourth-order valence-corrected chi connectivity index (χ4v) is 1.87. The Hall–Kier alpha value is -1.75. The van der Waals surface area contributed by atoms with E-state index in [1.54, 1.807) is 0 Å². The maximum atomic E-state index is 9.04. The van der Waals surface area contributed by atoms with E-state index in [2.05, 4.69) is 35.9 Å². The molecule has 1 aromatic heterocycles. The van der Waals surface area contributed by atoms with Crippen molar-refractivity contribution in [1.29, 1.82) is 5.26 Å². The molecule has 2 aromatic rings. The van der Waals surface area contributed by atoms with Crippen molar-refractivity contribution in [2.45, 2.75) is 26.3 Å². The van der Waals surface area contributed by atoms with Crippen molar-refractivity contribution in [1.82, 2.24) is 4.57 Å². The molecule has 0 atom stereocenters. The van der Waals surface area contributed by atoms with E-state index in [1.807, 2.05) is 12.1 Å². The van der Waals surface area contributed by atoms with E-state index in [9.17, 15) is 0 Å². The van der Waals surface area contributed by atoms with Crippen LogP contribution in [0.3, 0.4) is 0 Å². The number of benzene rings is 1. The minimum absolute atomic E-state index is 0.772. The van der Waals surface area contributed by atoms with Gasteiger partial charge in [-0.15, -0.1) is 0 Å². The monoisotopic (exact) mass is 198 g/mol. The number of aromatic nitrogens is 1. The lowest BCUT2D eigenvalue weighted by Crippen LogP contribution is -1.96. The second kappa shape index (κ2) is 4.18. The van der Waals surface area contributed by atoms with Crippen molar-refractivity contribution >= 4 is 10.9 Å². The quantitative estimate of drug-likeness (QED) is 0.743. The molecule has 15 heavy (non-hydrogen) atoms. The van der Waals surface area contributed by atoms with Gasteiger partial charge in [0, 0.05) is 18.1 Å². The Labute approximate surface area is 89.7 Å². The van der Waals surface area contributed by atoms with Crippen LogP contribution in [0.2, 0.25) is 0 Å². The third-order valence-corrected chi connectivity index (χ3v) is 2.66. The zero-order valence-electron chi connectivity index (χ0n) is 8.90. The van der Waals surface area contributed by atoms with E-state index in [0.29, 0.717) is 0 Å².